The second-order valence-electron chi connectivity index (χ2n) is 1.49. The van der Waals surface area contributed by atoms with E-state index in [0.29, 0.717) is 4.91 Å². The van der Waals surface area contributed by atoms with Crippen LogP contribution in [0.4, 0.5) is 0 Å². The van der Waals surface area contributed by atoms with E-state index in [9.17, 15) is 4.79 Å². The lowest BCUT2D eigenvalue weighted by Gasteiger charge is -1.98. The average molecular weight is 147 g/mol. The van der Waals surface area contributed by atoms with Crippen molar-refractivity contribution in [2.24, 2.45) is 5.73 Å². The Morgan fingerprint density at radius 3 is 2.22 bits per heavy atom. The van der Waals surface area contributed by atoms with Gasteiger partial charge < -0.3 is 10.5 Å². The number of nitrogens with two attached hydrogens (primary N) is 1. The third-order valence-electron chi connectivity index (χ3n) is 0.795. The predicted octanol–water partition coefficient (Wildman–Crippen LogP) is 0.279. The molecule has 0 heterocycles. The van der Waals surface area contributed by atoms with E-state index in [-0.39, 0.29) is 5.70 Å². The van der Waals surface area contributed by atoms with Crippen molar-refractivity contribution in [3.63, 3.8) is 0 Å². The van der Waals surface area contributed by atoms with Gasteiger partial charge in [0.2, 0.25) is 0 Å². The van der Waals surface area contributed by atoms with Gasteiger partial charge in [-0.1, -0.05) is 0 Å². The van der Waals surface area contributed by atoms with Crippen molar-refractivity contribution in [3.05, 3.63) is 10.6 Å². The maximum Gasteiger partial charge on any atom is 0.354 e. The van der Waals surface area contributed by atoms with Gasteiger partial charge in [0, 0.05) is 4.91 Å². The molecule has 4 heteroatoms. The molecule has 0 saturated carbocycles. The number of methoxy groups -OCH3 is 1. The van der Waals surface area contributed by atoms with Crippen LogP contribution in [0, 0.1) is 0 Å². The monoisotopic (exact) mass is 147 g/mol. The third kappa shape index (κ3) is 2.41. The zero-order valence-corrected chi connectivity index (χ0v) is 6.24. The van der Waals surface area contributed by atoms with E-state index >= 15 is 0 Å². The van der Waals surface area contributed by atoms with Crippen molar-refractivity contribution in [1.29, 1.82) is 0 Å². The van der Waals surface area contributed by atoms with Crippen LogP contribution in [0.1, 0.15) is 6.92 Å². The van der Waals surface area contributed by atoms with Crippen molar-refractivity contribution in [2.75, 3.05) is 7.11 Å². The van der Waals surface area contributed by atoms with Crippen LogP contribution >= 0.6 is 12.6 Å². The number of rotatable bonds is 1. The van der Waals surface area contributed by atoms with E-state index in [4.69, 9.17) is 5.73 Å². The van der Waals surface area contributed by atoms with Crippen molar-refractivity contribution < 1.29 is 9.53 Å². The second-order valence-corrected chi connectivity index (χ2v) is 2.16. The normalized spacial score (nSPS) is 12.3. The van der Waals surface area contributed by atoms with Crippen LogP contribution in [0.5, 0.6) is 0 Å². The lowest BCUT2D eigenvalue weighted by atomic mass is 10.4. The van der Waals surface area contributed by atoms with E-state index in [1.54, 1.807) is 6.92 Å². The zero-order valence-electron chi connectivity index (χ0n) is 5.34. The fourth-order valence-corrected chi connectivity index (χ4v) is 0.349. The topological polar surface area (TPSA) is 52.3 Å². The lowest BCUT2D eigenvalue weighted by molar-refractivity contribution is -0.136. The third-order valence-corrected chi connectivity index (χ3v) is 1.04. The summed E-state index contributed by atoms with van der Waals surface area (Å²) in [6, 6.07) is 0. The first-order chi connectivity index (χ1) is 4.09. The van der Waals surface area contributed by atoms with Crippen LogP contribution in [0.25, 0.3) is 0 Å². The van der Waals surface area contributed by atoms with Crippen molar-refractivity contribution in [1.82, 2.24) is 0 Å². The maximum absolute atomic E-state index is 10.5. The molecule has 0 aromatic heterocycles. The van der Waals surface area contributed by atoms with Crippen LogP contribution in [0.3, 0.4) is 0 Å². The van der Waals surface area contributed by atoms with E-state index in [2.05, 4.69) is 17.4 Å². The highest BCUT2D eigenvalue weighted by Crippen LogP contribution is 2.02. The average Bonchev–Trinajstić information content (AvgIpc) is 1.84. The molecule has 2 N–H and O–H groups in total. The van der Waals surface area contributed by atoms with E-state index in [1.807, 2.05) is 0 Å². The molecule has 0 rings (SSSR count). The highest BCUT2D eigenvalue weighted by molar-refractivity contribution is 7.84. The summed E-state index contributed by atoms with van der Waals surface area (Å²) in [5.74, 6) is -0.539. The molecule has 0 aliphatic rings. The van der Waals surface area contributed by atoms with E-state index in [0.717, 1.165) is 0 Å². The second kappa shape index (κ2) is 3.40. The van der Waals surface area contributed by atoms with Crippen molar-refractivity contribution in [3.8, 4) is 0 Å². The Morgan fingerprint density at radius 1 is 1.67 bits per heavy atom. The fraction of sp³-hybridized carbons (Fsp3) is 0.400. The molecule has 0 aromatic rings. The van der Waals surface area contributed by atoms with Gasteiger partial charge >= 0.3 is 5.97 Å². The Kier molecular flexibility index (Phi) is 3.16. The number of hydrogen-bond donors (Lipinski definition) is 2. The summed E-state index contributed by atoms with van der Waals surface area (Å²) in [5, 5.41) is 0. The first kappa shape index (κ1) is 8.36. The summed E-state index contributed by atoms with van der Waals surface area (Å²) >= 11 is 3.84. The number of ether oxygens (including phenoxy) is 1. The van der Waals surface area contributed by atoms with Gasteiger partial charge in [0.25, 0.3) is 0 Å². The minimum Gasteiger partial charge on any atom is -0.464 e. The van der Waals surface area contributed by atoms with Gasteiger partial charge in [-0.25, -0.2) is 4.79 Å². The molecule has 0 bridgehead atoms. The Balaban J connectivity index is 4.21. The number of allylic oxidation sites excluding steroid dienone is 1. The lowest BCUT2D eigenvalue weighted by Crippen LogP contribution is -2.13. The number of hydrogen-bond acceptors (Lipinski definition) is 4. The summed E-state index contributed by atoms with van der Waals surface area (Å²) in [6.07, 6.45) is 0. The Morgan fingerprint density at radius 2 is 2.11 bits per heavy atom. The number of carbonyl (C=O) groups excluding carboxylic acids is 1. The Labute approximate surface area is 59.3 Å². The summed E-state index contributed by atoms with van der Waals surface area (Å²) in [4.78, 5) is 11.0. The molecule has 0 unspecified atom stereocenters. The van der Waals surface area contributed by atoms with Gasteiger partial charge in [-0.3, -0.25) is 0 Å². The molecule has 9 heavy (non-hydrogen) atoms. The van der Waals surface area contributed by atoms with Gasteiger partial charge in [0.1, 0.15) is 5.70 Å². The molecule has 52 valence electrons. The first-order valence-electron chi connectivity index (χ1n) is 2.33. The fourth-order valence-electron chi connectivity index (χ4n) is 0.258. The van der Waals surface area contributed by atoms with Gasteiger partial charge in [0.15, 0.2) is 0 Å². The molecule has 0 saturated heterocycles. The molecular formula is C5H9NO2S. The van der Waals surface area contributed by atoms with Crippen LogP contribution < -0.4 is 5.73 Å². The molecule has 3 nitrogen and oxygen atoms in total. The summed E-state index contributed by atoms with van der Waals surface area (Å²) in [6.45, 7) is 1.62. The molecule has 0 aromatic carbocycles. The largest absolute Gasteiger partial charge is 0.464 e. The van der Waals surface area contributed by atoms with Gasteiger partial charge in [-0.2, -0.15) is 0 Å². The first-order valence-corrected chi connectivity index (χ1v) is 2.78. The van der Waals surface area contributed by atoms with Gasteiger partial charge in [-0.05, 0) is 6.92 Å². The van der Waals surface area contributed by atoms with Crippen molar-refractivity contribution in [2.45, 2.75) is 6.92 Å². The SMILES string of the molecule is COC(=O)/C(N)=C(\C)S. The van der Waals surface area contributed by atoms with Crippen LogP contribution in [-0.4, -0.2) is 13.1 Å². The zero-order chi connectivity index (χ0) is 7.44. The highest BCUT2D eigenvalue weighted by atomic mass is 32.1. The minimum absolute atomic E-state index is 0.0563. The summed E-state index contributed by atoms with van der Waals surface area (Å²) < 4.78 is 4.30. The van der Waals surface area contributed by atoms with Crippen LogP contribution in [0.15, 0.2) is 10.6 Å². The molecule has 0 amide bonds. The van der Waals surface area contributed by atoms with Crippen LogP contribution in [-0.2, 0) is 9.53 Å². The Hall–Kier alpha value is -0.640. The van der Waals surface area contributed by atoms with Gasteiger partial charge in [0.05, 0.1) is 7.11 Å². The minimum atomic E-state index is -0.539. The van der Waals surface area contributed by atoms with Crippen molar-refractivity contribution >= 4 is 18.6 Å². The standard InChI is InChI=1S/C5H9NO2S/c1-3(9)4(6)5(7)8-2/h9H,6H2,1-2H3/b4-3-. The number of esters is 1. The molecule has 0 aliphatic carbocycles. The summed E-state index contributed by atoms with van der Waals surface area (Å²) in [7, 11) is 1.27. The molecule has 0 fully saturated rings. The van der Waals surface area contributed by atoms with E-state index in [1.165, 1.54) is 7.11 Å². The molecular weight excluding hydrogens is 138 g/mol. The van der Waals surface area contributed by atoms with Crippen LogP contribution in [0.2, 0.25) is 0 Å². The predicted molar refractivity (Wildman–Crippen MR) is 37.9 cm³/mol. The quantitative estimate of drug-likeness (QED) is 0.318. The highest BCUT2D eigenvalue weighted by Gasteiger charge is 2.04. The summed E-state index contributed by atoms with van der Waals surface area (Å²) in [5.41, 5.74) is 5.26. The van der Waals surface area contributed by atoms with Gasteiger partial charge in [-0.15, -0.1) is 12.6 Å². The molecule has 0 atom stereocenters. The smallest absolute Gasteiger partial charge is 0.354 e. The molecule has 0 radical (unpaired) electrons. The number of thiol groups is 1. The molecule has 0 aliphatic heterocycles. The Bertz CT molecular complexity index is 149. The molecule has 0 spiro atoms. The number of carbonyl (C=O) groups is 1. The maximum atomic E-state index is 10.5. The van der Waals surface area contributed by atoms with E-state index < -0.39 is 5.97 Å².